The zero-order chi connectivity index (χ0) is 25.2. The molecular formula is C28H40O7. The molecule has 1 heterocycles. The quantitative estimate of drug-likeness (QED) is 0.555. The van der Waals surface area contributed by atoms with Crippen molar-refractivity contribution in [3.8, 4) is 0 Å². The highest BCUT2D eigenvalue weighted by molar-refractivity contribution is 5.71. The van der Waals surface area contributed by atoms with Crippen molar-refractivity contribution in [2.24, 2.45) is 28.6 Å². The first kappa shape index (κ1) is 25.0. The van der Waals surface area contributed by atoms with Gasteiger partial charge in [-0.2, -0.15) is 0 Å². The van der Waals surface area contributed by atoms with Crippen LogP contribution in [-0.2, 0) is 9.53 Å². The maximum Gasteiger partial charge on any atom is 0.335 e. The van der Waals surface area contributed by atoms with Crippen molar-refractivity contribution in [1.82, 2.24) is 0 Å². The third-order valence-corrected chi connectivity index (χ3v) is 10.8. The lowest BCUT2D eigenvalue weighted by Crippen LogP contribution is -2.69. The molecule has 0 spiro atoms. The number of hydrogen-bond donors (Lipinski definition) is 3. The van der Waals surface area contributed by atoms with E-state index in [4.69, 9.17) is 9.15 Å². The molecule has 7 nitrogen and oxygen atoms in total. The Kier molecular flexibility index (Phi) is 6.01. The minimum Gasteiger partial charge on any atom is -0.462 e. The van der Waals surface area contributed by atoms with Crippen LogP contribution in [0.2, 0.25) is 0 Å². The molecule has 35 heavy (non-hydrogen) atoms. The Bertz CT molecular complexity index is 1010. The van der Waals surface area contributed by atoms with Crippen LogP contribution in [0, 0.1) is 28.6 Å². The number of rotatable bonds is 4. The second kappa shape index (κ2) is 8.42. The van der Waals surface area contributed by atoms with Crippen molar-refractivity contribution in [3.05, 3.63) is 34.4 Å². The average molecular weight is 489 g/mol. The second-order valence-electron chi connectivity index (χ2n) is 12.4. The molecule has 1 aromatic rings. The number of fused-ring (bicyclic) bond motifs is 5. The fourth-order valence-corrected chi connectivity index (χ4v) is 8.82. The van der Waals surface area contributed by atoms with Crippen LogP contribution in [0.4, 0.5) is 0 Å². The predicted octanol–water partition coefficient (Wildman–Crippen LogP) is 3.54. The van der Waals surface area contributed by atoms with Crippen molar-refractivity contribution < 1.29 is 29.3 Å². The minimum atomic E-state index is -1.12. The van der Waals surface area contributed by atoms with Gasteiger partial charge in [0.1, 0.15) is 6.10 Å². The first-order valence-electron chi connectivity index (χ1n) is 13.3. The number of aliphatic hydroxyl groups excluding tert-OH is 1. The molecule has 4 aliphatic rings. The van der Waals surface area contributed by atoms with E-state index in [0.717, 1.165) is 24.8 Å². The maximum atomic E-state index is 12.3. The van der Waals surface area contributed by atoms with Gasteiger partial charge in [-0.05, 0) is 80.8 Å². The van der Waals surface area contributed by atoms with Gasteiger partial charge in [0.25, 0.3) is 0 Å². The van der Waals surface area contributed by atoms with Gasteiger partial charge in [0.15, 0.2) is 0 Å². The normalized spacial score (nSPS) is 44.9. The zero-order valence-corrected chi connectivity index (χ0v) is 21.2. The first-order valence-corrected chi connectivity index (χ1v) is 13.3. The van der Waals surface area contributed by atoms with Crippen molar-refractivity contribution >= 4 is 5.97 Å². The molecule has 0 amide bonds. The lowest BCUT2D eigenvalue weighted by Gasteiger charge is -2.66. The second-order valence-corrected chi connectivity index (χ2v) is 12.4. The van der Waals surface area contributed by atoms with Crippen molar-refractivity contribution in [1.29, 1.82) is 0 Å². The Morgan fingerprint density at radius 3 is 2.49 bits per heavy atom. The summed E-state index contributed by atoms with van der Waals surface area (Å²) in [6.45, 7) is 5.65. The fourth-order valence-electron chi connectivity index (χ4n) is 8.82. The number of esters is 1. The van der Waals surface area contributed by atoms with Crippen LogP contribution in [0.25, 0.3) is 0 Å². The molecule has 7 heteroatoms. The van der Waals surface area contributed by atoms with Gasteiger partial charge in [-0.15, -0.1) is 0 Å². The molecule has 0 aliphatic heterocycles. The lowest BCUT2D eigenvalue weighted by atomic mass is 9.41. The summed E-state index contributed by atoms with van der Waals surface area (Å²) >= 11 is 0. The summed E-state index contributed by atoms with van der Waals surface area (Å²) < 4.78 is 10.9. The Labute approximate surface area is 206 Å². The summed E-state index contributed by atoms with van der Waals surface area (Å²) in [5, 5.41) is 35.1. The topological polar surface area (TPSA) is 117 Å². The van der Waals surface area contributed by atoms with Gasteiger partial charge in [-0.3, -0.25) is 4.79 Å². The molecule has 0 radical (unpaired) electrons. The number of ether oxygens (including phenoxy) is 1. The van der Waals surface area contributed by atoms with Gasteiger partial charge >= 0.3 is 11.6 Å². The molecule has 194 valence electrons. The van der Waals surface area contributed by atoms with Gasteiger partial charge in [0.05, 0.1) is 30.0 Å². The highest BCUT2D eigenvalue weighted by Gasteiger charge is 2.71. The van der Waals surface area contributed by atoms with E-state index in [-0.39, 0.29) is 53.4 Å². The molecular weight excluding hydrogens is 448 g/mol. The molecule has 8 unspecified atom stereocenters. The smallest absolute Gasteiger partial charge is 0.335 e. The molecule has 1 aromatic heterocycles. The summed E-state index contributed by atoms with van der Waals surface area (Å²) in [7, 11) is 0. The standard InChI is InChI=1S/C28H40O7/c1-17(2)24(31)35-19-6-11-26(16-29)21-7-10-25(3)20(18-4-5-23(30)34-15-18)9-13-28(25,33)22(21)8-12-27(26,32)14-19/h4-5,15,17,19-22,29,32-33H,6-14,16H2,1-3H3. The zero-order valence-electron chi connectivity index (χ0n) is 21.2. The van der Waals surface area contributed by atoms with E-state index in [1.807, 2.05) is 6.07 Å². The van der Waals surface area contributed by atoms with Crippen LogP contribution >= 0.6 is 0 Å². The summed E-state index contributed by atoms with van der Waals surface area (Å²) in [6.07, 6.45) is 6.96. The monoisotopic (exact) mass is 488 g/mol. The summed E-state index contributed by atoms with van der Waals surface area (Å²) in [5.74, 6) is -0.402. The first-order chi connectivity index (χ1) is 16.5. The summed E-state index contributed by atoms with van der Waals surface area (Å²) in [6, 6.07) is 3.28. The maximum absolute atomic E-state index is 12.3. The number of hydrogen-bond acceptors (Lipinski definition) is 7. The molecule has 4 saturated carbocycles. The molecule has 4 fully saturated rings. The fraction of sp³-hybridized carbons (Fsp3) is 0.786. The largest absolute Gasteiger partial charge is 0.462 e. The molecule has 4 aliphatic carbocycles. The van der Waals surface area contributed by atoms with Gasteiger partial charge < -0.3 is 24.5 Å². The SMILES string of the molecule is CC(C)C(=O)OC1CCC2(CO)C3CCC4(C)C(c5ccc(=O)oc5)CCC4(O)C3CCC2(O)C1. The Morgan fingerprint density at radius 2 is 1.83 bits per heavy atom. The van der Waals surface area contributed by atoms with E-state index in [1.165, 1.54) is 6.07 Å². The molecule has 0 saturated heterocycles. The summed E-state index contributed by atoms with van der Waals surface area (Å²) in [4.78, 5) is 23.7. The van der Waals surface area contributed by atoms with E-state index < -0.39 is 16.6 Å². The third kappa shape index (κ3) is 3.48. The average Bonchev–Trinajstić information content (AvgIpc) is 3.10. The highest BCUT2D eigenvalue weighted by Crippen LogP contribution is 2.71. The van der Waals surface area contributed by atoms with Crippen molar-refractivity contribution in [2.45, 2.75) is 102 Å². The van der Waals surface area contributed by atoms with E-state index in [9.17, 15) is 24.9 Å². The van der Waals surface area contributed by atoms with Crippen LogP contribution in [0.5, 0.6) is 0 Å². The number of aliphatic hydroxyl groups is 3. The van der Waals surface area contributed by atoms with E-state index in [2.05, 4.69) is 6.92 Å². The van der Waals surface area contributed by atoms with Crippen LogP contribution < -0.4 is 5.63 Å². The minimum absolute atomic E-state index is 0.00136. The van der Waals surface area contributed by atoms with Crippen LogP contribution in [0.3, 0.4) is 0 Å². The van der Waals surface area contributed by atoms with Crippen LogP contribution in [-0.4, -0.2) is 45.2 Å². The predicted molar refractivity (Wildman–Crippen MR) is 128 cm³/mol. The van der Waals surface area contributed by atoms with E-state index in [0.29, 0.717) is 38.5 Å². The van der Waals surface area contributed by atoms with E-state index >= 15 is 0 Å². The molecule has 5 rings (SSSR count). The third-order valence-electron chi connectivity index (χ3n) is 10.8. The van der Waals surface area contributed by atoms with Crippen molar-refractivity contribution in [2.75, 3.05) is 6.61 Å². The molecule has 3 N–H and O–H groups in total. The summed E-state index contributed by atoms with van der Waals surface area (Å²) in [5.41, 5.74) is -2.52. The van der Waals surface area contributed by atoms with Crippen molar-refractivity contribution in [3.63, 3.8) is 0 Å². The van der Waals surface area contributed by atoms with Crippen LogP contribution in [0.15, 0.2) is 27.6 Å². The molecule has 0 aromatic carbocycles. The Balaban J connectivity index is 1.43. The lowest BCUT2D eigenvalue weighted by molar-refractivity contribution is -0.269. The van der Waals surface area contributed by atoms with E-state index in [1.54, 1.807) is 20.1 Å². The molecule has 8 atom stereocenters. The van der Waals surface area contributed by atoms with Gasteiger partial charge in [-0.25, -0.2) is 4.79 Å². The van der Waals surface area contributed by atoms with Crippen LogP contribution in [0.1, 0.15) is 90.0 Å². The highest BCUT2D eigenvalue weighted by atomic mass is 16.5. The number of carbonyl (C=O) groups is 1. The Hall–Kier alpha value is -1.70. The number of carbonyl (C=O) groups excluding carboxylic acids is 1. The van der Waals surface area contributed by atoms with Gasteiger partial charge in [0, 0.05) is 23.3 Å². The molecule has 0 bridgehead atoms. The Morgan fingerprint density at radius 1 is 1.09 bits per heavy atom. The van der Waals surface area contributed by atoms with Gasteiger partial charge in [-0.1, -0.05) is 20.8 Å². The van der Waals surface area contributed by atoms with Gasteiger partial charge in [0.2, 0.25) is 0 Å².